The number of rotatable bonds is 5. The predicted octanol–water partition coefficient (Wildman–Crippen LogP) is 3.31. The first kappa shape index (κ1) is 14.1. The van der Waals surface area contributed by atoms with Gasteiger partial charge in [-0.15, -0.1) is 5.10 Å². The van der Waals surface area contributed by atoms with Crippen LogP contribution in [0.1, 0.15) is 13.3 Å². The fourth-order valence-corrected chi connectivity index (χ4v) is 2.13. The summed E-state index contributed by atoms with van der Waals surface area (Å²) in [4.78, 5) is 0. The van der Waals surface area contributed by atoms with Crippen LogP contribution in [0.25, 0.3) is 16.9 Å². The summed E-state index contributed by atoms with van der Waals surface area (Å²) < 4.78 is 7.29. The maximum atomic E-state index is 5.80. The number of anilines is 1. The molecule has 0 saturated heterocycles. The minimum Gasteiger partial charge on any atom is -0.494 e. The van der Waals surface area contributed by atoms with Gasteiger partial charge in [0, 0.05) is 11.3 Å². The van der Waals surface area contributed by atoms with Gasteiger partial charge in [-0.2, -0.15) is 0 Å². The SMILES string of the molecule is CCCOc1ccc(-c2cn(-c3cccc(N)c3)nn2)cc1. The van der Waals surface area contributed by atoms with Crippen LogP contribution in [0.3, 0.4) is 0 Å². The Morgan fingerprint density at radius 3 is 2.68 bits per heavy atom. The molecule has 0 aliphatic carbocycles. The van der Waals surface area contributed by atoms with Crippen LogP contribution in [0.2, 0.25) is 0 Å². The third-order valence-electron chi connectivity index (χ3n) is 3.25. The number of ether oxygens (including phenoxy) is 1. The number of nitrogens with two attached hydrogens (primary N) is 1. The normalized spacial score (nSPS) is 10.6. The number of nitrogen functional groups attached to an aromatic ring is 1. The van der Waals surface area contributed by atoms with E-state index in [0.29, 0.717) is 5.69 Å². The molecule has 5 heteroatoms. The first-order chi connectivity index (χ1) is 10.8. The van der Waals surface area contributed by atoms with Crippen LogP contribution in [-0.4, -0.2) is 21.6 Å². The van der Waals surface area contributed by atoms with E-state index in [1.54, 1.807) is 4.68 Å². The maximum absolute atomic E-state index is 5.80. The van der Waals surface area contributed by atoms with Crippen molar-refractivity contribution < 1.29 is 4.74 Å². The molecule has 5 nitrogen and oxygen atoms in total. The van der Waals surface area contributed by atoms with Crippen molar-refractivity contribution in [3.63, 3.8) is 0 Å². The fraction of sp³-hybridized carbons (Fsp3) is 0.176. The Balaban J connectivity index is 1.81. The predicted molar refractivity (Wildman–Crippen MR) is 87.0 cm³/mol. The molecule has 1 heterocycles. The van der Waals surface area contributed by atoms with Crippen LogP contribution in [0, 0.1) is 0 Å². The van der Waals surface area contributed by atoms with Gasteiger partial charge in [-0.25, -0.2) is 4.68 Å². The molecule has 0 amide bonds. The van der Waals surface area contributed by atoms with Crippen LogP contribution >= 0.6 is 0 Å². The van der Waals surface area contributed by atoms with Crippen molar-refractivity contribution in [3.8, 4) is 22.7 Å². The highest BCUT2D eigenvalue weighted by Gasteiger charge is 2.06. The molecule has 0 radical (unpaired) electrons. The van der Waals surface area contributed by atoms with E-state index in [-0.39, 0.29) is 0 Å². The molecule has 2 N–H and O–H groups in total. The molecule has 0 atom stereocenters. The molecular formula is C17H18N4O. The zero-order chi connectivity index (χ0) is 15.4. The lowest BCUT2D eigenvalue weighted by atomic mass is 10.1. The van der Waals surface area contributed by atoms with Crippen molar-refractivity contribution in [3.05, 3.63) is 54.7 Å². The van der Waals surface area contributed by atoms with Gasteiger partial charge in [-0.05, 0) is 48.9 Å². The summed E-state index contributed by atoms with van der Waals surface area (Å²) in [5.41, 5.74) is 9.20. The van der Waals surface area contributed by atoms with Crippen LogP contribution in [0.5, 0.6) is 5.75 Å². The van der Waals surface area contributed by atoms with Gasteiger partial charge < -0.3 is 10.5 Å². The van der Waals surface area contributed by atoms with Gasteiger partial charge in [0.05, 0.1) is 18.5 Å². The molecule has 1 aromatic heterocycles. The summed E-state index contributed by atoms with van der Waals surface area (Å²) in [7, 11) is 0. The van der Waals surface area contributed by atoms with Gasteiger partial charge in [0.1, 0.15) is 11.4 Å². The largest absolute Gasteiger partial charge is 0.494 e. The third kappa shape index (κ3) is 3.09. The van der Waals surface area contributed by atoms with E-state index in [2.05, 4.69) is 17.2 Å². The highest BCUT2D eigenvalue weighted by molar-refractivity contribution is 5.59. The Labute approximate surface area is 129 Å². The Bertz CT molecular complexity index is 749. The van der Waals surface area contributed by atoms with Crippen LogP contribution < -0.4 is 10.5 Å². The van der Waals surface area contributed by atoms with Gasteiger partial charge in [-0.3, -0.25) is 0 Å². The van der Waals surface area contributed by atoms with Crippen molar-refractivity contribution in [2.45, 2.75) is 13.3 Å². The lowest BCUT2D eigenvalue weighted by Crippen LogP contribution is -1.95. The van der Waals surface area contributed by atoms with Crippen LogP contribution in [0.4, 0.5) is 5.69 Å². The van der Waals surface area contributed by atoms with E-state index in [9.17, 15) is 0 Å². The molecular weight excluding hydrogens is 276 g/mol. The molecule has 22 heavy (non-hydrogen) atoms. The molecule has 3 rings (SSSR count). The van der Waals surface area contributed by atoms with E-state index in [1.807, 2.05) is 54.7 Å². The molecule has 0 fully saturated rings. The molecule has 0 saturated carbocycles. The molecule has 112 valence electrons. The smallest absolute Gasteiger partial charge is 0.119 e. The van der Waals surface area contributed by atoms with Gasteiger partial charge >= 0.3 is 0 Å². The highest BCUT2D eigenvalue weighted by atomic mass is 16.5. The third-order valence-corrected chi connectivity index (χ3v) is 3.25. The van der Waals surface area contributed by atoms with E-state index in [1.165, 1.54) is 0 Å². The quantitative estimate of drug-likeness (QED) is 0.733. The first-order valence-corrected chi connectivity index (χ1v) is 7.28. The van der Waals surface area contributed by atoms with E-state index in [0.717, 1.165) is 35.7 Å². The van der Waals surface area contributed by atoms with Crippen LogP contribution in [0.15, 0.2) is 54.7 Å². The van der Waals surface area contributed by atoms with E-state index in [4.69, 9.17) is 10.5 Å². The zero-order valence-electron chi connectivity index (χ0n) is 12.4. The second-order valence-corrected chi connectivity index (χ2v) is 5.02. The topological polar surface area (TPSA) is 66.0 Å². The summed E-state index contributed by atoms with van der Waals surface area (Å²) in [6.07, 6.45) is 2.88. The van der Waals surface area contributed by atoms with Gasteiger partial charge in [-0.1, -0.05) is 18.2 Å². The standard InChI is InChI=1S/C17H18N4O/c1-2-10-22-16-8-6-13(7-9-16)17-12-21(20-19-17)15-5-3-4-14(18)11-15/h3-9,11-12H,2,10,18H2,1H3. The Morgan fingerprint density at radius 1 is 1.14 bits per heavy atom. The van der Waals surface area contributed by atoms with E-state index < -0.39 is 0 Å². The molecule has 0 aliphatic heterocycles. The molecule has 3 aromatic rings. The van der Waals surface area contributed by atoms with Crippen molar-refractivity contribution in [2.75, 3.05) is 12.3 Å². The Morgan fingerprint density at radius 2 is 1.95 bits per heavy atom. The van der Waals surface area contributed by atoms with Crippen molar-refractivity contribution in [1.82, 2.24) is 15.0 Å². The lowest BCUT2D eigenvalue weighted by molar-refractivity contribution is 0.317. The number of hydrogen-bond donors (Lipinski definition) is 1. The summed E-state index contributed by atoms with van der Waals surface area (Å²) in [6.45, 7) is 2.81. The molecule has 0 spiro atoms. The Hall–Kier alpha value is -2.82. The lowest BCUT2D eigenvalue weighted by Gasteiger charge is -2.04. The minimum absolute atomic E-state index is 0.701. The van der Waals surface area contributed by atoms with Crippen LogP contribution in [-0.2, 0) is 0 Å². The first-order valence-electron chi connectivity index (χ1n) is 7.28. The minimum atomic E-state index is 0.701. The summed E-state index contributed by atoms with van der Waals surface area (Å²) >= 11 is 0. The zero-order valence-corrected chi connectivity index (χ0v) is 12.4. The summed E-state index contributed by atoms with van der Waals surface area (Å²) in [5.74, 6) is 0.869. The maximum Gasteiger partial charge on any atom is 0.119 e. The number of hydrogen-bond acceptors (Lipinski definition) is 4. The second-order valence-electron chi connectivity index (χ2n) is 5.02. The number of aromatic nitrogens is 3. The Kier molecular flexibility index (Phi) is 4.05. The number of nitrogens with zero attached hydrogens (tertiary/aromatic N) is 3. The van der Waals surface area contributed by atoms with E-state index >= 15 is 0 Å². The number of benzene rings is 2. The second kappa shape index (κ2) is 6.30. The molecule has 0 aliphatic rings. The highest BCUT2D eigenvalue weighted by Crippen LogP contribution is 2.21. The molecule has 0 bridgehead atoms. The monoisotopic (exact) mass is 294 g/mol. The average molecular weight is 294 g/mol. The molecule has 0 unspecified atom stereocenters. The summed E-state index contributed by atoms with van der Waals surface area (Å²) in [6, 6.07) is 15.4. The van der Waals surface area contributed by atoms with Crippen molar-refractivity contribution >= 4 is 5.69 Å². The van der Waals surface area contributed by atoms with Gasteiger partial charge in [0.2, 0.25) is 0 Å². The van der Waals surface area contributed by atoms with Crippen molar-refractivity contribution in [2.24, 2.45) is 0 Å². The van der Waals surface area contributed by atoms with Gasteiger partial charge in [0.15, 0.2) is 0 Å². The fourth-order valence-electron chi connectivity index (χ4n) is 2.13. The summed E-state index contributed by atoms with van der Waals surface area (Å²) in [5, 5.41) is 8.37. The molecule has 2 aromatic carbocycles. The average Bonchev–Trinajstić information content (AvgIpc) is 3.03. The van der Waals surface area contributed by atoms with Crippen molar-refractivity contribution in [1.29, 1.82) is 0 Å². The van der Waals surface area contributed by atoms with Gasteiger partial charge in [0.25, 0.3) is 0 Å².